The second kappa shape index (κ2) is 9.04. The smallest absolute Gasteiger partial charge is 0.274 e. The van der Waals surface area contributed by atoms with E-state index in [4.69, 9.17) is 9.84 Å². The van der Waals surface area contributed by atoms with Crippen LogP contribution in [0.25, 0.3) is 0 Å². The van der Waals surface area contributed by atoms with Crippen molar-refractivity contribution in [3.8, 4) is 0 Å². The Balaban J connectivity index is 1.44. The van der Waals surface area contributed by atoms with Crippen LogP contribution in [0.4, 0.5) is 0 Å². The Labute approximate surface area is 183 Å². The summed E-state index contributed by atoms with van der Waals surface area (Å²) in [5.41, 5.74) is 5.40. The standard InChI is InChI=1S/C25H28N4O2/c30-25(28-13-15-31-16-14-28)24-22-19-27(17-20-7-3-1-4-8-20)12-11-23(22)29(26-24)18-21-9-5-2-6-10-21/h1-10H,11-19H2. The molecule has 2 aliphatic heterocycles. The number of carbonyl (C=O) groups excluding carboxylic acids is 1. The third-order valence-electron chi connectivity index (χ3n) is 6.14. The maximum atomic E-state index is 13.4. The highest BCUT2D eigenvalue weighted by Crippen LogP contribution is 2.26. The van der Waals surface area contributed by atoms with Gasteiger partial charge in [-0.2, -0.15) is 5.10 Å². The minimum Gasteiger partial charge on any atom is -0.378 e. The van der Waals surface area contributed by atoms with Gasteiger partial charge in [0.2, 0.25) is 0 Å². The first-order valence-electron chi connectivity index (χ1n) is 11.0. The van der Waals surface area contributed by atoms with E-state index in [9.17, 15) is 4.79 Å². The summed E-state index contributed by atoms with van der Waals surface area (Å²) in [6.45, 7) is 5.75. The lowest BCUT2D eigenvalue weighted by atomic mass is 10.0. The van der Waals surface area contributed by atoms with Crippen LogP contribution >= 0.6 is 0 Å². The Morgan fingerprint density at radius 3 is 2.19 bits per heavy atom. The molecule has 5 rings (SSSR count). The van der Waals surface area contributed by atoms with Crippen molar-refractivity contribution >= 4 is 5.91 Å². The van der Waals surface area contributed by atoms with E-state index in [1.165, 1.54) is 16.8 Å². The van der Waals surface area contributed by atoms with Crippen molar-refractivity contribution in [2.24, 2.45) is 0 Å². The number of benzene rings is 2. The average Bonchev–Trinajstić information content (AvgIpc) is 3.18. The lowest BCUT2D eigenvalue weighted by Crippen LogP contribution is -2.41. The van der Waals surface area contributed by atoms with Crippen molar-refractivity contribution in [1.29, 1.82) is 0 Å². The number of carbonyl (C=O) groups is 1. The molecule has 0 saturated carbocycles. The summed E-state index contributed by atoms with van der Waals surface area (Å²) < 4.78 is 7.49. The molecule has 2 aromatic carbocycles. The number of nitrogens with zero attached hydrogens (tertiary/aromatic N) is 4. The summed E-state index contributed by atoms with van der Waals surface area (Å²) in [5.74, 6) is 0.0351. The van der Waals surface area contributed by atoms with Crippen molar-refractivity contribution in [2.45, 2.75) is 26.1 Å². The Hall–Kier alpha value is -2.96. The Morgan fingerprint density at radius 1 is 0.871 bits per heavy atom. The van der Waals surface area contributed by atoms with Crippen molar-refractivity contribution in [3.05, 3.63) is 88.7 Å². The number of morpholine rings is 1. The molecule has 0 radical (unpaired) electrons. The van der Waals surface area contributed by atoms with E-state index in [1.807, 2.05) is 29.2 Å². The van der Waals surface area contributed by atoms with Crippen molar-refractivity contribution in [1.82, 2.24) is 19.6 Å². The van der Waals surface area contributed by atoms with E-state index in [2.05, 4.69) is 46.0 Å². The van der Waals surface area contributed by atoms with Crippen molar-refractivity contribution < 1.29 is 9.53 Å². The fourth-order valence-corrected chi connectivity index (χ4v) is 4.50. The molecule has 1 amide bonds. The highest BCUT2D eigenvalue weighted by Gasteiger charge is 2.31. The van der Waals surface area contributed by atoms with Gasteiger partial charge in [-0.05, 0) is 11.1 Å². The van der Waals surface area contributed by atoms with Crippen LogP contribution in [0.5, 0.6) is 0 Å². The molecule has 6 nitrogen and oxygen atoms in total. The summed E-state index contributed by atoms with van der Waals surface area (Å²) in [4.78, 5) is 17.7. The summed E-state index contributed by atoms with van der Waals surface area (Å²) in [5, 5.41) is 4.86. The van der Waals surface area contributed by atoms with Crippen LogP contribution < -0.4 is 0 Å². The molecule has 6 heteroatoms. The van der Waals surface area contributed by atoms with Gasteiger partial charge in [0.1, 0.15) is 0 Å². The van der Waals surface area contributed by atoms with Crippen LogP contribution in [0.3, 0.4) is 0 Å². The van der Waals surface area contributed by atoms with Gasteiger partial charge in [-0.1, -0.05) is 60.7 Å². The Kier molecular flexibility index (Phi) is 5.82. The molecule has 0 aliphatic carbocycles. The summed E-state index contributed by atoms with van der Waals surface area (Å²) in [6.07, 6.45) is 0.901. The van der Waals surface area contributed by atoms with E-state index in [1.54, 1.807) is 0 Å². The molecule has 0 bridgehead atoms. The molecule has 160 valence electrons. The van der Waals surface area contributed by atoms with Gasteiger partial charge in [-0.15, -0.1) is 0 Å². The number of ether oxygens (including phenoxy) is 1. The van der Waals surface area contributed by atoms with Crippen LogP contribution in [0.15, 0.2) is 60.7 Å². The molecule has 3 aromatic rings. The van der Waals surface area contributed by atoms with E-state index < -0.39 is 0 Å². The zero-order valence-electron chi connectivity index (χ0n) is 17.7. The number of hydrogen-bond donors (Lipinski definition) is 0. The average molecular weight is 417 g/mol. The van der Waals surface area contributed by atoms with Gasteiger partial charge in [0.05, 0.1) is 19.8 Å². The van der Waals surface area contributed by atoms with Crippen molar-refractivity contribution in [3.63, 3.8) is 0 Å². The first-order valence-corrected chi connectivity index (χ1v) is 11.0. The van der Waals surface area contributed by atoms with Crippen LogP contribution in [-0.4, -0.2) is 58.3 Å². The van der Waals surface area contributed by atoms with E-state index in [0.29, 0.717) is 38.5 Å². The minimum absolute atomic E-state index is 0.0351. The number of amides is 1. The summed E-state index contributed by atoms with van der Waals surface area (Å²) >= 11 is 0. The third-order valence-corrected chi connectivity index (χ3v) is 6.14. The predicted octanol–water partition coefficient (Wildman–Crippen LogP) is 2.96. The number of fused-ring (bicyclic) bond motifs is 1. The highest BCUT2D eigenvalue weighted by molar-refractivity contribution is 5.94. The zero-order chi connectivity index (χ0) is 21.0. The molecule has 1 saturated heterocycles. The van der Waals surface area contributed by atoms with Gasteiger partial charge in [-0.3, -0.25) is 14.4 Å². The molecule has 3 heterocycles. The zero-order valence-corrected chi connectivity index (χ0v) is 17.7. The molecule has 31 heavy (non-hydrogen) atoms. The molecule has 0 unspecified atom stereocenters. The normalized spacial score (nSPS) is 16.8. The quantitative estimate of drug-likeness (QED) is 0.642. The Bertz CT molecular complexity index is 1030. The monoisotopic (exact) mass is 416 g/mol. The van der Waals surface area contributed by atoms with Gasteiger partial charge in [0.15, 0.2) is 5.69 Å². The lowest BCUT2D eigenvalue weighted by Gasteiger charge is -2.29. The number of aromatic nitrogens is 2. The topological polar surface area (TPSA) is 50.6 Å². The second-order valence-electron chi connectivity index (χ2n) is 8.27. The van der Waals surface area contributed by atoms with Gasteiger partial charge < -0.3 is 9.64 Å². The molecule has 1 aromatic heterocycles. The molecule has 0 N–H and O–H groups in total. The minimum atomic E-state index is 0.0351. The largest absolute Gasteiger partial charge is 0.378 e. The van der Waals surface area contributed by atoms with Gasteiger partial charge in [-0.25, -0.2) is 0 Å². The molecular formula is C25H28N4O2. The van der Waals surface area contributed by atoms with Gasteiger partial charge >= 0.3 is 0 Å². The third kappa shape index (κ3) is 4.40. The van der Waals surface area contributed by atoms with E-state index in [-0.39, 0.29) is 5.91 Å². The predicted molar refractivity (Wildman–Crippen MR) is 119 cm³/mol. The SMILES string of the molecule is O=C(c1nn(Cc2ccccc2)c2c1CN(Cc1ccccc1)CC2)N1CCOCC1. The van der Waals surface area contributed by atoms with Gasteiger partial charge in [0, 0.05) is 50.4 Å². The number of rotatable bonds is 5. The fraction of sp³-hybridized carbons (Fsp3) is 0.360. The first-order chi connectivity index (χ1) is 15.3. The lowest BCUT2D eigenvalue weighted by molar-refractivity contribution is 0.0297. The highest BCUT2D eigenvalue weighted by atomic mass is 16.5. The Morgan fingerprint density at radius 2 is 1.52 bits per heavy atom. The molecule has 1 fully saturated rings. The fourth-order valence-electron chi connectivity index (χ4n) is 4.50. The van der Waals surface area contributed by atoms with Crippen LogP contribution in [0.1, 0.15) is 32.9 Å². The van der Waals surface area contributed by atoms with E-state index in [0.717, 1.165) is 31.6 Å². The van der Waals surface area contributed by atoms with E-state index >= 15 is 0 Å². The van der Waals surface area contributed by atoms with Crippen LogP contribution in [0.2, 0.25) is 0 Å². The van der Waals surface area contributed by atoms with Crippen LogP contribution in [-0.2, 0) is 30.8 Å². The van der Waals surface area contributed by atoms with Crippen LogP contribution in [0, 0.1) is 0 Å². The molecule has 2 aliphatic rings. The maximum absolute atomic E-state index is 13.4. The summed E-state index contributed by atoms with van der Waals surface area (Å²) in [7, 11) is 0. The first kappa shape index (κ1) is 20.0. The number of hydrogen-bond acceptors (Lipinski definition) is 4. The van der Waals surface area contributed by atoms with Gasteiger partial charge in [0.25, 0.3) is 5.91 Å². The molecule has 0 atom stereocenters. The van der Waals surface area contributed by atoms with Crippen molar-refractivity contribution in [2.75, 3.05) is 32.8 Å². The second-order valence-corrected chi connectivity index (χ2v) is 8.27. The molecule has 0 spiro atoms. The summed E-state index contributed by atoms with van der Waals surface area (Å²) in [6, 6.07) is 20.9. The molecular weight excluding hydrogens is 388 g/mol. The maximum Gasteiger partial charge on any atom is 0.274 e.